The van der Waals surface area contributed by atoms with Crippen molar-refractivity contribution in [1.82, 2.24) is 9.21 Å². The van der Waals surface area contributed by atoms with Gasteiger partial charge in [0.15, 0.2) is 5.75 Å². The average Bonchev–Trinajstić information content (AvgIpc) is 2.95. The van der Waals surface area contributed by atoms with Crippen LogP contribution in [0.2, 0.25) is 5.02 Å². The van der Waals surface area contributed by atoms with Gasteiger partial charge in [-0.05, 0) is 56.2 Å². The lowest BCUT2D eigenvalue weighted by molar-refractivity contribution is -0.120. The van der Waals surface area contributed by atoms with Crippen molar-refractivity contribution in [3.8, 4) is 5.75 Å². The van der Waals surface area contributed by atoms with Gasteiger partial charge in [0.25, 0.3) is 5.91 Å². The first-order valence-corrected chi connectivity index (χ1v) is 15.6. The molecule has 1 aliphatic carbocycles. The second kappa shape index (κ2) is 12.9. The summed E-state index contributed by atoms with van der Waals surface area (Å²) in [6.07, 6.45) is 4.09. The van der Waals surface area contributed by atoms with Crippen molar-refractivity contribution >= 4 is 39.1 Å². The van der Waals surface area contributed by atoms with E-state index in [2.05, 4.69) is 5.32 Å². The molecule has 4 rings (SSSR count). The van der Waals surface area contributed by atoms with Crippen LogP contribution in [-0.4, -0.2) is 73.4 Å². The van der Waals surface area contributed by atoms with Crippen molar-refractivity contribution in [1.29, 1.82) is 0 Å². The highest BCUT2D eigenvalue weighted by Gasteiger charge is 2.36. The summed E-state index contributed by atoms with van der Waals surface area (Å²) < 4.78 is 34.4. The van der Waals surface area contributed by atoms with E-state index in [0.29, 0.717) is 10.7 Å². The number of hydrogen-bond donors (Lipinski definition) is 2. The number of benzene rings is 2. The molecule has 0 aromatic heterocycles. The van der Waals surface area contributed by atoms with E-state index in [4.69, 9.17) is 16.3 Å². The van der Waals surface area contributed by atoms with Crippen LogP contribution in [0.15, 0.2) is 47.4 Å². The molecule has 0 bridgehead atoms. The number of sulfonamides is 1. The predicted molar refractivity (Wildman–Crippen MR) is 154 cm³/mol. The van der Waals surface area contributed by atoms with E-state index in [1.54, 1.807) is 30.0 Å². The first-order chi connectivity index (χ1) is 19.0. The molecular weight excluding hydrogens is 554 g/mol. The first kappa shape index (κ1) is 30.3. The lowest BCUT2D eigenvalue weighted by Crippen LogP contribution is -2.50. The van der Waals surface area contributed by atoms with Crippen molar-refractivity contribution in [2.24, 2.45) is 11.8 Å². The fraction of sp³-hybridized carbons (Fsp3) is 0.517. The van der Waals surface area contributed by atoms with Gasteiger partial charge in [-0.25, -0.2) is 8.42 Å². The van der Waals surface area contributed by atoms with Crippen LogP contribution < -0.4 is 10.1 Å². The summed E-state index contributed by atoms with van der Waals surface area (Å²) in [4.78, 5) is 28.5. The van der Waals surface area contributed by atoms with Gasteiger partial charge in [0.2, 0.25) is 15.9 Å². The van der Waals surface area contributed by atoms with Gasteiger partial charge >= 0.3 is 0 Å². The van der Waals surface area contributed by atoms with Gasteiger partial charge in [-0.15, -0.1) is 0 Å². The SMILES string of the molecule is C[C@H](CO)N1C[C@H](C)[C@@H](CN(C)S(=O)(=O)c2ccc(Cl)cc2)Oc2c(NC(=O)C3CCCCC3)cccc2C1=O. The van der Waals surface area contributed by atoms with E-state index in [1.807, 2.05) is 6.92 Å². The standard InChI is InChI=1S/C29H38ClN3O6S/c1-19-16-33(20(2)18-34)29(36)24-10-7-11-25(31-28(35)21-8-5-4-6-9-21)27(24)39-26(19)17-32(3)40(37,38)23-14-12-22(30)13-15-23/h7,10-15,19-21,26,34H,4-6,8-9,16-18H2,1-3H3,(H,31,35)/t19-,20+,26+/m0/s1. The minimum Gasteiger partial charge on any atom is -0.486 e. The Morgan fingerprint density at radius 1 is 1.18 bits per heavy atom. The number of ether oxygens (including phenoxy) is 1. The van der Waals surface area contributed by atoms with Crippen LogP contribution in [0.4, 0.5) is 5.69 Å². The third kappa shape index (κ3) is 6.62. The number of nitrogens with zero attached hydrogens (tertiary/aromatic N) is 2. The number of carbonyl (C=O) groups is 2. The summed E-state index contributed by atoms with van der Waals surface area (Å²) in [5.41, 5.74) is 0.627. The zero-order valence-electron chi connectivity index (χ0n) is 23.2. The maximum Gasteiger partial charge on any atom is 0.258 e. The summed E-state index contributed by atoms with van der Waals surface area (Å²) >= 11 is 5.95. The number of fused-ring (bicyclic) bond motifs is 1. The van der Waals surface area contributed by atoms with Crippen molar-refractivity contribution in [3.05, 3.63) is 53.1 Å². The molecule has 11 heteroatoms. The molecule has 1 heterocycles. The Morgan fingerprint density at radius 3 is 2.50 bits per heavy atom. The molecule has 9 nitrogen and oxygen atoms in total. The largest absolute Gasteiger partial charge is 0.486 e. The highest BCUT2D eigenvalue weighted by atomic mass is 35.5. The van der Waals surface area contributed by atoms with Crippen LogP contribution >= 0.6 is 11.6 Å². The Balaban J connectivity index is 1.69. The fourth-order valence-corrected chi connectivity index (χ4v) is 6.61. The fourth-order valence-electron chi connectivity index (χ4n) is 5.30. The van der Waals surface area contributed by atoms with E-state index in [1.165, 1.54) is 35.6 Å². The summed E-state index contributed by atoms with van der Waals surface area (Å²) in [5.74, 6) is -0.640. The minimum atomic E-state index is -3.86. The van der Waals surface area contributed by atoms with Gasteiger partial charge in [0.05, 0.1) is 35.3 Å². The molecule has 0 saturated heterocycles. The van der Waals surface area contributed by atoms with Gasteiger partial charge < -0.3 is 20.1 Å². The summed E-state index contributed by atoms with van der Waals surface area (Å²) in [5, 5.41) is 13.3. The zero-order chi connectivity index (χ0) is 29.0. The Bertz CT molecular complexity index is 1310. The molecule has 2 aromatic carbocycles. The summed E-state index contributed by atoms with van der Waals surface area (Å²) in [6.45, 7) is 3.64. The van der Waals surface area contributed by atoms with E-state index < -0.39 is 22.2 Å². The van der Waals surface area contributed by atoms with Gasteiger partial charge in [0, 0.05) is 30.5 Å². The van der Waals surface area contributed by atoms with Crippen molar-refractivity contribution in [3.63, 3.8) is 0 Å². The Morgan fingerprint density at radius 2 is 1.85 bits per heavy atom. The second-order valence-electron chi connectivity index (χ2n) is 10.9. The molecule has 40 heavy (non-hydrogen) atoms. The van der Waals surface area contributed by atoms with Crippen molar-refractivity contribution in [2.75, 3.05) is 32.1 Å². The Kier molecular flexibility index (Phi) is 9.76. The third-order valence-corrected chi connectivity index (χ3v) is 9.97. The van der Waals surface area contributed by atoms with Crippen LogP contribution in [0.3, 0.4) is 0 Å². The first-order valence-electron chi connectivity index (χ1n) is 13.8. The molecule has 0 spiro atoms. The molecule has 1 fully saturated rings. The van der Waals surface area contributed by atoms with Crippen molar-refractivity contribution in [2.45, 2.75) is 63.0 Å². The lowest BCUT2D eigenvalue weighted by Gasteiger charge is -2.38. The average molecular weight is 592 g/mol. The Labute approximate surface area is 241 Å². The van der Waals surface area contributed by atoms with Crippen molar-refractivity contribution < 1.29 is 27.9 Å². The maximum atomic E-state index is 13.7. The van der Waals surface area contributed by atoms with Crippen LogP contribution in [-0.2, 0) is 14.8 Å². The number of halogens is 1. The minimum absolute atomic E-state index is 0.00793. The van der Waals surface area contributed by atoms with Gasteiger partial charge in [-0.3, -0.25) is 9.59 Å². The van der Waals surface area contributed by atoms with E-state index >= 15 is 0 Å². The van der Waals surface area contributed by atoms with Crippen LogP contribution in [0, 0.1) is 11.8 Å². The maximum absolute atomic E-state index is 13.7. The summed E-state index contributed by atoms with van der Waals surface area (Å²) in [7, 11) is -2.38. The van der Waals surface area contributed by atoms with Gasteiger partial charge in [0.1, 0.15) is 6.10 Å². The molecule has 2 aliphatic rings. The smallest absolute Gasteiger partial charge is 0.258 e. The summed E-state index contributed by atoms with van der Waals surface area (Å²) in [6, 6.07) is 10.5. The number of aliphatic hydroxyl groups excluding tert-OH is 1. The number of rotatable bonds is 8. The van der Waals surface area contributed by atoms with Crippen LogP contribution in [0.5, 0.6) is 5.75 Å². The highest BCUT2D eigenvalue weighted by molar-refractivity contribution is 7.89. The number of amides is 2. The van der Waals surface area contributed by atoms with E-state index in [-0.39, 0.29) is 59.6 Å². The monoisotopic (exact) mass is 591 g/mol. The van der Waals surface area contributed by atoms with Crippen LogP contribution in [0.1, 0.15) is 56.3 Å². The second-order valence-corrected chi connectivity index (χ2v) is 13.3. The number of hydrogen-bond acceptors (Lipinski definition) is 6. The van der Waals surface area contributed by atoms with Gasteiger partial charge in [-0.1, -0.05) is 43.9 Å². The highest BCUT2D eigenvalue weighted by Crippen LogP contribution is 2.36. The topological polar surface area (TPSA) is 116 Å². The number of para-hydroxylation sites is 1. The molecule has 218 valence electrons. The van der Waals surface area contributed by atoms with E-state index in [0.717, 1.165) is 32.1 Å². The number of likely N-dealkylation sites (N-methyl/N-ethyl adjacent to an activating group) is 1. The normalized spacial score (nSPS) is 21.2. The van der Waals surface area contributed by atoms with E-state index in [9.17, 15) is 23.1 Å². The molecule has 0 unspecified atom stereocenters. The molecular formula is C29H38ClN3O6S. The molecule has 1 aliphatic heterocycles. The van der Waals surface area contributed by atoms with Crippen LogP contribution in [0.25, 0.3) is 0 Å². The number of carbonyl (C=O) groups excluding carboxylic acids is 2. The number of aliphatic hydroxyl groups is 1. The molecule has 0 radical (unpaired) electrons. The number of anilines is 1. The molecule has 1 saturated carbocycles. The van der Waals surface area contributed by atoms with Gasteiger partial charge in [-0.2, -0.15) is 4.31 Å². The molecule has 2 amide bonds. The predicted octanol–water partition coefficient (Wildman–Crippen LogP) is 4.40. The number of nitrogens with one attached hydrogen (secondary N) is 1. The Hall–Kier alpha value is -2.66. The lowest BCUT2D eigenvalue weighted by atomic mass is 9.88. The molecule has 3 atom stereocenters. The molecule has 2 aromatic rings. The molecule has 2 N–H and O–H groups in total. The quantitative estimate of drug-likeness (QED) is 0.470. The zero-order valence-corrected chi connectivity index (χ0v) is 24.7. The third-order valence-electron chi connectivity index (χ3n) is 7.88.